The standard InChI is InChI=1S/C17H22Cl2N2O3/c18-13-7-12(15(23)8-14(13)19)16(20)9-1-3-21(4-2-9)17(24)10-5-11(22)6-10/h7-11,16,22-23H,1-6,20H2/t10-,11+,16-/m1/s1. The lowest BCUT2D eigenvalue weighted by Gasteiger charge is -2.39. The van der Waals surface area contributed by atoms with Crippen LogP contribution in [0.5, 0.6) is 5.75 Å². The number of hydrogen-bond donors (Lipinski definition) is 3. The van der Waals surface area contributed by atoms with Crippen molar-refractivity contribution in [3.8, 4) is 5.75 Å². The summed E-state index contributed by atoms with van der Waals surface area (Å²) in [6.45, 7) is 1.32. The quantitative estimate of drug-likeness (QED) is 0.760. The molecule has 0 aromatic heterocycles. The average molecular weight is 373 g/mol. The molecule has 1 atom stereocenters. The molecule has 1 aliphatic heterocycles. The van der Waals surface area contributed by atoms with E-state index in [1.54, 1.807) is 6.07 Å². The number of phenols is 1. The molecule has 7 heteroatoms. The van der Waals surface area contributed by atoms with Gasteiger partial charge in [-0.25, -0.2) is 0 Å². The van der Waals surface area contributed by atoms with Gasteiger partial charge in [0.2, 0.25) is 5.91 Å². The molecule has 1 saturated carbocycles. The van der Waals surface area contributed by atoms with Gasteiger partial charge in [0, 0.05) is 36.7 Å². The van der Waals surface area contributed by atoms with Crippen LogP contribution in [0.15, 0.2) is 12.1 Å². The zero-order chi connectivity index (χ0) is 17.4. The molecule has 4 N–H and O–H groups in total. The third-order valence-corrected chi connectivity index (χ3v) is 5.97. The number of rotatable bonds is 3. The lowest BCUT2D eigenvalue weighted by Crippen LogP contribution is -2.47. The van der Waals surface area contributed by atoms with E-state index in [-0.39, 0.29) is 35.6 Å². The second kappa shape index (κ2) is 7.08. The maximum Gasteiger partial charge on any atom is 0.225 e. The van der Waals surface area contributed by atoms with Crippen LogP contribution in [0, 0.1) is 11.8 Å². The summed E-state index contributed by atoms with van der Waals surface area (Å²) in [4.78, 5) is 14.2. The summed E-state index contributed by atoms with van der Waals surface area (Å²) in [5, 5.41) is 20.1. The normalized spacial score (nSPS) is 26.1. The van der Waals surface area contributed by atoms with Gasteiger partial charge in [-0.15, -0.1) is 0 Å². The fourth-order valence-electron chi connectivity index (χ4n) is 3.60. The molecule has 0 unspecified atom stereocenters. The lowest BCUT2D eigenvalue weighted by molar-refractivity contribution is -0.143. The van der Waals surface area contributed by atoms with Gasteiger partial charge in [0.15, 0.2) is 0 Å². The summed E-state index contributed by atoms with van der Waals surface area (Å²) >= 11 is 11.9. The van der Waals surface area contributed by atoms with E-state index in [1.165, 1.54) is 6.07 Å². The Morgan fingerprint density at radius 1 is 1.21 bits per heavy atom. The Balaban J connectivity index is 1.60. The van der Waals surface area contributed by atoms with Crippen molar-refractivity contribution in [1.82, 2.24) is 4.90 Å². The molecular weight excluding hydrogens is 351 g/mol. The molecule has 1 heterocycles. The van der Waals surface area contributed by atoms with E-state index in [2.05, 4.69) is 0 Å². The summed E-state index contributed by atoms with van der Waals surface area (Å²) in [7, 11) is 0. The first-order chi connectivity index (χ1) is 11.4. The predicted molar refractivity (Wildman–Crippen MR) is 93.1 cm³/mol. The minimum atomic E-state index is -0.345. The first-order valence-corrected chi connectivity index (χ1v) is 9.02. The van der Waals surface area contributed by atoms with Crippen LogP contribution in [0.1, 0.15) is 37.3 Å². The van der Waals surface area contributed by atoms with Crippen molar-refractivity contribution in [2.45, 2.75) is 37.8 Å². The first-order valence-electron chi connectivity index (χ1n) is 8.27. The molecular formula is C17H22Cl2N2O3. The summed E-state index contributed by atoms with van der Waals surface area (Å²) in [6.07, 6.45) is 2.40. The van der Waals surface area contributed by atoms with Crippen LogP contribution in [0.4, 0.5) is 0 Å². The monoisotopic (exact) mass is 372 g/mol. The molecule has 1 saturated heterocycles. The fraction of sp³-hybridized carbons (Fsp3) is 0.588. The lowest BCUT2D eigenvalue weighted by atomic mass is 9.80. The van der Waals surface area contributed by atoms with Crippen LogP contribution in [-0.2, 0) is 4.79 Å². The van der Waals surface area contributed by atoms with E-state index in [4.69, 9.17) is 28.9 Å². The van der Waals surface area contributed by atoms with Crippen molar-refractivity contribution in [2.24, 2.45) is 17.6 Å². The number of nitrogens with two attached hydrogens (primary N) is 1. The number of carbonyl (C=O) groups excluding carboxylic acids is 1. The molecule has 132 valence electrons. The third kappa shape index (κ3) is 3.49. The van der Waals surface area contributed by atoms with Crippen molar-refractivity contribution >= 4 is 29.1 Å². The number of benzene rings is 1. The van der Waals surface area contributed by atoms with Gasteiger partial charge < -0.3 is 20.8 Å². The largest absolute Gasteiger partial charge is 0.508 e. The minimum Gasteiger partial charge on any atom is -0.508 e. The highest BCUT2D eigenvalue weighted by molar-refractivity contribution is 6.42. The zero-order valence-electron chi connectivity index (χ0n) is 13.3. The number of halogens is 2. The Labute approximate surface area is 151 Å². The highest BCUT2D eigenvalue weighted by Crippen LogP contribution is 2.38. The third-order valence-electron chi connectivity index (χ3n) is 5.25. The van der Waals surface area contributed by atoms with Crippen molar-refractivity contribution in [1.29, 1.82) is 0 Å². The number of aliphatic hydroxyl groups excluding tert-OH is 1. The highest BCUT2D eigenvalue weighted by atomic mass is 35.5. The summed E-state index contributed by atoms with van der Waals surface area (Å²) in [5.74, 6) is 0.345. The van der Waals surface area contributed by atoms with Crippen LogP contribution in [-0.4, -0.2) is 40.2 Å². The Morgan fingerprint density at radius 3 is 2.38 bits per heavy atom. The molecule has 24 heavy (non-hydrogen) atoms. The smallest absolute Gasteiger partial charge is 0.225 e. The maximum absolute atomic E-state index is 12.3. The number of amides is 1. The van der Waals surface area contributed by atoms with Gasteiger partial charge in [-0.2, -0.15) is 0 Å². The number of aromatic hydroxyl groups is 1. The molecule has 1 aromatic carbocycles. The Bertz CT molecular complexity index is 627. The summed E-state index contributed by atoms with van der Waals surface area (Å²) < 4.78 is 0. The van der Waals surface area contributed by atoms with Gasteiger partial charge in [-0.3, -0.25) is 4.79 Å². The topological polar surface area (TPSA) is 86.8 Å². The molecule has 0 bridgehead atoms. The van der Waals surface area contributed by atoms with Crippen LogP contribution in [0.25, 0.3) is 0 Å². The molecule has 1 aliphatic carbocycles. The number of piperidine rings is 1. The van der Waals surface area contributed by atoms with Crippen molar-refractivity contribution in [3.63, 3.8) is 0 Å². The minimum absolute atomic E-state index is 0.0238. The number of phenolic OH excluding ortho intramolecular Hbond substituents is 1. The molecule has 0 spiro atoms. The van der Waals surface area contributed by atoms with E-state index in [0.29, 0.717) is 41.5 Å². The van der Waals surface area contributed by atoms with Crippen molar-refractivity contribution in [2.75, 3.05) is 13.1 Å². The van der Waals surface area contributed by atoms with Crippen molar-refractivity contribution < 1.29 is 15.0 Å². The molecule has 2 aliphatic rings. The number of likely N-dealkylation sites (tertiary alicyclic amines) is 1. The van der Waals surface area contributed by atoms with E-state index in [1.807, 2.05) is 4.90 Å². The van der Waals surface area contributed by atoms with Crippen LogP contribution < -0.4 is 5.73 Å². The average Bonchev–Trinajstić information content (AvgIpc) is 2.54. The van der Waals surface area contributed by atoms with Crippen molar-refractivity contribution in [3.05, 3.63) is 27.7 Å². The van der Waals surface area contributed by atoms with E-state index in [9.17, 15) is 15.0 Å². The number of hydrogen-bond acceptors (Lipinski definition) is 4. The second-order valence-electron chi connectivity index (χ2n) is 6.84. The molecule has 1 aromatic rings. The van der Waals surface area contributed by atoms with Gasteiger partial charge in [0.05, 0.1) is 16.1 Å². The number of nitrogens with zero attached hydrogens (tertiary/aromatic N) is 1. The van der Waals surface area contributed by atoms with E-state index >= 15 is 0 Å². The highest BCUT2D eigenvalue weighted by Gasteiger charge is 2.37. The Kier molecular flexibility index (Phi) is 5.25. The zero-order valence-corrected chi connectivity index (χ0v) is 14.8. The molecule has 0 radical (unpaired) electrons. The summed E-state index contributed by atoms with van der Waals surface area (Å²) in [6, 6.07) is 2.69. The molecule has 1 amide bonds. The van der Waals surface area contributed by atoms with Crippen LogP contribution in [0.2, 0.25) is 10.0 Å². The van der Waals surface area contributed by atoms with Gasteiger partial charge in [-0.05, 0) is 37.7 Å². The molecule has 5 nitrogen and oxygen atoms in total. The molecule has 2 fully saturated rings. The maximum atomic E-state index is 12.3. The Hall–Kier alpha value is -1.01. The van der Waals surface area contributed by atoms with Crippen LogP contribution in [0.3, 0.4) is 0 Å². The second-order valence-corrected chi connectivity index (χ2v) is 7.65. The van der Waals surface area contributed by atoms with Gasteiger partial charge in [0.25, 0.3) is 0 Å². The van der Waals surface area contributed by atoms with Gasteiger partial charge in [0.1, 0.15) is 5.75 Å². The SMILES string of the molecule is N[C@@H](c1cc(Cl)c(Cl)cc1O)C1CCN(C(=O)[C@H]2C[C@@H](O)C2)CC1. The van der Waals surface area contributed by atoms with Gasteiger partial charge in [-0.1, -0.05) is 23.2 Å². The van der Waals surface area contributed by atoms with Crippen LogP contribution >= 0.6 is 23.2 Å². The number of aliphatic hydroxyl groups is 1. The molecule has 3 rings (SSSR count). The van der Waals surface area contributed by atoms with E-state index in [0.717, 1.165) is 12.8 Å². The first kappa shape index (κ1) is 17.8. The van der Waals surface area contributed by atoms with E-state index < -0.39 is 0 Å². The summed E-state index contributed by atoms with van der Waals surface area (Å²) in [5.41, 5.74) is 6.92. The fourth-order valence-corrected chi connectivity index (χ4v) is 3.93. The van der Waals surface area contributed by atoms with Gasteiger partial charge >= 0.3 is 0 Å². The number of carbonyl (C=O) groups is 1. The predicted octanol–water partition coefficient (Wildman–Crippen LogP) is 2.71. The Morgan fingerprint density at radius 2 is 1.79 bits per heavy atom.